The molecule has 0 unspecified atom stereocenters. The Labute approximate surface area is 88.5 Å². The molecule has 0 atom stereocenters. The Bertz CT molecular complexity index is 324. The predicted octanol–water partition coefficient (Wildman–Crippen LogP) is 2.33. The minimum atomic E-state index is 0.418. The molecule has 1 aromatic rings. The van der Waals surface area contributed by atoms with Crippen LogP contribution in [0.3, 0.4) is 0 Å². The summed E-state index contributed by atoms with van der Waals surface area (Å²) in [6.07, 6.45) is 3.79. The van der Waals surface area contributed by atoms with Gasteiger partial charge in [-0.1, -0.05) is 11.6 Å². The van der Waals surface area contributed by atoms with E-state index in [1.165, 1.54) is 0 Å². The predicted molar refractivity (Wildman–Crippen MR) is 54.6 cm³/mol. The SMILES string of the molecule is Cc1cnc(C2CCOCC2)nc1Cl. The van der Waals surface area contributed by atoms with Crippen molar-refractivity contribution in [2.75, 3.05) is 13.2 Å². The lowest BCUT2D eigenvalue weighted by atomic mass is 9.99. The van der Waals surface area contributed by atoms with Gasteiger partial charge in [0, 0.05) is 30.9 Å². The molecule has 0 spiro atoms. The van der Waals surface area contributed by atoms with Gasteiger partial charge in [0.25, 0.3) is 0 Å². The first kappa shape index (κ1) is 9.87. The Morgan fingerprint density at radius 1 is 1.43 bits per heavy atom. The summed E-state index contributed by atoms with van der Waals surface area (Å²) in [6.45, 7) is 3.52. The first-order chi connectivity index (χ1) is 6.77. The summed E-state index contributed by atoms with van der Waals surface area (Å²) in [7, 11) is 0. The maximum Gasteiger partial charge on any atom is 0.135 e. The number of rotatable bonds is 1. The van der Waals surface area contributed by atoms with E-state index in [1.807, 2.05) is 6.92 Å². The zero-order chi connectivity index (χ0) is 9.97. The number of aromatic nitrogens is 2. The maximum absolute atomic E-state index is 5.95. The standard InChI is InChI=1S/C10H13ClN2O/c1-7-6-12-10(13-9(7)11)8-2-4-14-5-3-8/h6,8H,2-5H2,1H3. The van der Waals surface area contributed by atoms with E-state index in [1.54, 1.807) is 6.20 Å². The average Bonchev–Trinajstić information content (AvgIpc) is 2.23. The van der Waals surface area contributed by atoms with Crippen molar-refractivity contribution in [2.24, 2.45) is 0 Å². The van der Waals surface area contributed by atoms with Gasteiger partial charge in [0.15, 0.2) is 0 Å². The Morgan fingerprint density at radius 2 is 2.14 bits per heavy atom. The molecule has 0 saturated carbocycles. The molecular formula is C10H13ClN2O. The van der Waals surface area contributed by atoms with Gasteiger partial charge in [0.05, 0.1) is 0 Å². The zero-order valence-electron chi connectivity index (χ0n) is 8.16. The lowest BCUT2D eigenvalue weighted by Gasteiger charge is -2.20. The molecule has 0 radical (unpaired) electrons. The third-order valence-electron chi connectivity index (χ3n) is 2.52. The van der Waals surface area contributed by atoms with Crippen LogP contribution in [-0.4, -0.2) is 23.2 Å². The van der Waals surface area contributed by atoms with Crippen LogP contribution in [0.25, 0.3) is 0 Å². The molecule has 0 aliphatic carbocycles. The largest absolute Gasteiger partial charge is 0.381 e. The van der Waals surface area contributed by atoms with E-state index in [4.69, 9.17) is 16.3 Å². The average molecular weight is 213 g/mol. The highest BCUT2D eigenvalue weighted by molar-refractivity contribution is 6.30. The van der Waals surface area contributed by atoms with Crippen molar-refractivity contribution in [1.29, 1.82) is 0 Å². The fourth-order valence-electron chi connectivity index (χ4n) is 1.59. The quantitative estimate of drug-likeness (QED) is 0.671. The molecule has 1 aliphatic rings. The number of halogens is 1. The zero-order valence-corrected chi connectivity index (χ0v) is 8.92. The summed E-state index contributed by atoms with van der Waals surface area (Å²) in [4.78, 5) is 8.61. The van der Waals surface area contributed by atoms with E-state index in [2.05, 4.69) is 9.97 Å². The fourth-order valence-corrected chi connectivity index (χ4v) is 1.72. The lowest BCUT2D eigenvalue weighted by molar-refractivity contribution is 0.0836. The van der Waals surface area contributed by atoms with Gasteiger partial charge in [0.1, 0.15) is 11.0 Å². The molecular weight excluding hydrogens is 200 g/mol. The smallest absolute Gasteiger partial charge is 0.135 e. The summed E-state index contributed by atoms with van der Waals surface area (Å²) >= 11 is 5.95. The van der Waals surface area contributed by atoms with Crippen LogP contribution in [0.2, 0.25) is 5.15 Å². The lowest BCUT2D eigenvalue weighted by Crippen LogP contribution is -2.16. The summed E-state index contributed by atoms with van der Waals surface area (Å²) in [6, 6.07) is 0. The molecule has 1 saturated heterocycles. The van der Waals surface area contributed by atoms with Crippen LogP contribution in [0.4, 0.5) is 0 Å². The van der Waals surface area contributed by atoms with Gasteiger partial charge in [-0.25, -0.2) is 9.97 Å². The molecule has 0 N–H and O–H groups in total. The van der Waals surface area contributed by atoms with Crippen molar-refractivity contribution < 1.29 is 4.74 Å². The minimum Gasteiger partial charge on any atom is -0.381 e. The molecule has 76 valence electrons. The number of ether oxygens (including phenoxy) is 1. The van der Waals surface area contributed by atoms with Gasteiger partial charge in [-0.05, 0) is 19.8 Å². The molecule has 0 bridgehead atoms. The van der Waals surface area contributed by atoms with Crippen molar-refractivity contribution in [3.8, 4) is 0 Å². The van der Waals surface area contributed by atoms with Crippen LogP contribution in [0, 0.1) is 6.92 Å². The summed E-state index contributed by atoms with van der Waals surface area (Å²) in [5, 5.41) is 0.571. The van der Waals surface area contributed by atoms with E-state index in [0.29, 0.717) is 11.1 Å². The number of nitrogens with zero attached hydrogens (tertiary/aromatic N) is 2. The van der Waals surface area contributed by atoms with Crippen molar-refractivity contribution in [2.45, 2.75) is 25.7 Å². The monoisotopic (exact) mass is 212 g/mol. The molecule has 4 heteroatoms. The maximum atomic E-state index is 5.95. The van der Waals surface area contributed by atoms with Gasteiger partial charge >= 0.3 is 0 Å². The topological polar surface area (TPSA) is 35.0 Å². The number of aryl methyl sites for hydroxylation is 1. The molecule has 2 rings (SSSR count). The van der Waals surface area contributed by atoms with Crippen LogP contribution in [-0.2, 0) is 4.74 Å². The Balaban J connectivity index is 2.18. The van der Waals surface area contributed by atoms with Gasteiger partial charge in [-0.3, -0.25) is 0 Å². The van der Waals surface area contributed by atoms with Gasteiger partial charge in [-0.15, -0.1) is 0 Å². The molecule has 3 nitrogen and oxygen atoms in total. The highest BCUT2D eigenvalue weighted by atomic mass is 35.5. The number of hydrogen-bond donors (Lipinski definition) is 0. The molecule has 14 heavy (non-hydrogen) atoms. The van der Waals surface area contributed by atoms with Crippen molar-refractivity contribution in [1.82, 2.24) is 9.97 Å². The van der Waals surface area contributed by atoms with Crippen molar-refractivity contribution in [3.05, 3.63) is 22.7 Å². The summed E-state index contributed by atoms with van der Waals surface area (Å²) < 4.78 is 5.29. The highest BCUT2D eigenvalue weighted by Crippen LogP contribution is 2.25. The molecule has 2 heterocycles. The van der Waals surface area contributed by atoms with Crippen LogP contribution < -0.4 is 0 Å². The van der Waals surface area contributed by atoms with Crippen LogP contribution >= 0.6 is 11.6 Å². The van der Waals surface area contributed by atoms with Crippen molar-refractivity contribution in [3.63, 3.8) is 0 Å². The van der Waals surface area contributed by atoms with Crippen LogP contribution in [0.15, 0.2) is 6.20 Å². The van der Waals surface area contributed by atoms with Gasteiger partial charge < -0.3 is 4.74 Å². The molecule has 0 aromatic carbocycles. The first-order valence-corrected chi connectivity index (χ1v) is 5.22. The van der Waals surface area contributed by atoms with E-state index >= 15 is 0 Å². The fraction of sp³-hybridized carbons (Fsp3) is 0.600. The first-order valence-electron chi connectivity index (χ1n) is 4.84. The molecule has 0 amide bonds. The normalized spacial score (nSPS) is 18.4. The van der Waals surface area contributed by atoms with E-state index in [-0.39, 0.29) is 0 Å². The minimum absolute atomic E-state index is 0.418. The second-order valence-electron chi connectivity index (χ2n) is 3.59. The number of hydrogen-bond acceptors (Lipinski definition) is 3. The molecule has 1 aromatic heterocycles. The third-order valence-corrected chi connectivity index (χ3v) is 2.90. The third kappa shape index (κ3) is 2.04. The van der Waals surface area contributed by atoms with E-state index in [0.717, 1.165) is 37.4 Å². The van der Waals surface area contributed by atoms with Crippen molar-refractivity contribution >= 4 is 11.6 Å². The van der Waals surface area contributed by atoms with E-state index in [9.17, 15) is 0 Å². The van der Waals surface area contributed by atoms with Gasteiger partial charge in [-0.2, -0.15) is 0 Å². The Kier molecular flexibility index (Phi) is 2.99. The summed E-state index contributed by atoms with van der Waals surface area (Å²) in [5.74, 6) is 1.28. The Morgan fingerprint density at radius 3 is 2.79 bits per heavy atom. The molecule has 1 aliphatic heterocycles. The second-order valence-corrected chi connectivity index (χ2v) is 3.95. The van der Waals surface area contributed by atoms with Crippen LogP contribution in [0.1, 0.15) is 30.1 Å². The van der Waals surface area contributed by atoms with E-state index < -0.39 is 0 Å². The second kappa shape index (κ2) is 4.24. The van der Waals surface area contributed by atoms with Crippen LogP contribution in [0.5, 0.6) is 0 Å². The summed E-state index contributed by atoms with van der Waals surface area (Å²) in [5.41, 5.74) is 0.933. The molecule has 1 fully saturated rings. The van der Waals surface area contributed by atoms with Gasteiger partial charge in [0.2, 0.25) is 0 Å². The highest BCUT2D eigenvalue weighted by Gasteiger charge is 2.18. The Hall–Kier alpha value is -0.670.